The van der Waals surface area contributed by atoms with E-state index in [-0.39, 0.29) is 0 Å². The van der Waals surface area contributed by atoms with Crippen LogP contribution in [0.2, 0.25) is 0 Å². The molecule has 0 saturated heterocycles. The summed E-state index contributed by atoms with van der Waals surface area (Å²) in [4.78, 5) is 0. The zero-order valence-corrected chi connectivity index (χ0v) is 13.1. The van der Waals surface area contributed by atoms with Crippen molar-refractivity contribution in [3.63, 3.8) is 0 Å². The van der Waals surface area contributed by atoms with E-state index in [1.807, 2.05) is 37.3 Å². The van der Waals surface area contributed by atoms with Crippen LogP contribution >= 0.6 is 15.9 Å². The summed E-state index contributed by atoms with van der Waals surface area (Å²) in [5.41, 5.74) is 8.95. The predicted octanol–water partition coefficient (Wildman–Crippen LogP) is 4.08. The van der Waals surface area contributed by atoms with Crippen molar-refractivity contribution in [3.05, 3.63) is 52.5 Å². The topological polar surface area (TPSA) is 47.3 Å². The van der Waals surface area contributed by atoms with E-state index in [1.165, 1.54) is 5.56 Å². The first kappa shape index (κ1) is 14.7. The molecule has 0 saturated carbocycles. The fourth-order valence-corrected chi connectivity index (χ4v) is 2.33. The maximum Gasteiger partial charge on any atom is 0.119 e. The molecule has 0 radical (unpaired) electrons. The molecule has 2 rings (SSSR count). The molecule has 3 N–H and O–H groups in total. The molecule has 0 unspecified atom stereocenters. The summed E-state index contributed by atoms with van der Waals surface area (Å²) in [5.74, 6) is 0.918. The molecule has 20 heavy (non-hydrogen) atoms. The van der Waals surface area contributed by atoms with E-state index in [0.717, 1.165) is 34.6 Å². The van der Waals surface area contributed by atoms with Crippen LogP contribution in [0.3, 0.4) is 0 Å². The highest BCUT2D eigenvalue weighted by Crippen LogP contribution is 2.23. The van der Waals surface area contributed by atoms with E-state index in [9.17, 15) is 0 Å². The third-order valence-corrected chi connectivity index (χ3v) is 3.47. The molecule has 2 aromatic rings. The quantitative estimate of drug-likeness (QED) is 0.782. The highest BCUT2D eigenvalue weighted by atomic mass is 79.9. The van der Waals surface area contributed by atoms with Crippen LogP contribution in [0.5, 0.6) is 5.75 Å². The smallest absolute Gasteiger partial charge is 0.119 e. The fraction of sp³-hybridized carbons (Fsp3) is 0.250. The maximum absolute atomic E-state index is 5.95. The zero-order chi connectivity index (χ0) is 14.4. The van der Waals surface area contributed by atoms with Gasteiger partial charge in [-0.25, -0.2) is 0 Å². The van der Waals surface area contributed by atoms with Crippen molar-refractivity contribution in [2.45, 2.75) is 13.3 Å². The molecule has 0 amide bonds. The lowest BCUT2D eigenvalue weighted by Gasteiger charge is -2.10. The van der Waals surface area contributed by atoms with E-state index < -0.39 is 0 Å². The number of benzene rings is 2. The number of ether oxygens (including phenoxy) is 1. The van der Waals surface area contributed by atoms with Gasteiger partial charge >= 0.3 is 0 Å². The minimum atomic E-state index is 0.698. The molecule has 0 fully saturated rings. The molecule has 4 heteroatoms. The molecule has 0 aliphatic heterocycles. The predicted molar refractivity (Wildman–Crippen MR) is 88.4 cm³/mol. The summed E-state index contributed by atoms with van der Waals surface area (Å²) in [6.07, 6.45) is 0.946. The summed E-state index contributed by atoms with van der Waals surface area (Å²) < 4.78 is 6.42. The molecule has 0 spiro atoms. The largest absolute Gasteiger partial charge is 0.494 e. The summed E-state index contributed by atoms with van der Waals surface area (Å²) in [5, 5.41) is 3.35. The maximum atomic E-state index is 5.95. The number of hydrogen-bond acceptors (Lipinski definition) is 3. The lowest BCUT2D eigenvalue weighted by atomic mass is 10.1. The molecular formula is C16H19BrN2O. The lowest BCUT2D eigenvalue weighted by Crippen LogP contribution is -2.06. The van der Waals surface area contributed by atoms with E-state index in [4.69, 9.17) is 10.5 Å². The van der Waals surface area contributed by atoms with Crippen LogP contribution in [0, 0.1) is 0 Å². The molecule has 0 heterocycles. The molecule has 106 valence electrons. The van der Waals surface area contributed by atoms with Gasteiger partial charge in [0, 0.05) is 11.0 Å². The summed E-state index contributed by atoms with van der Waals surface area (Å²) in [6, 6.07) is 14.1. The highest BCUT2D eigenvalue weighted by Gasteiger charge is 2.00. The van der Waals surface area contributed by atoms with E-state index in [2.05, 4.69) is 33.4 Å². The van der Waals surface area contributed by atoms with Crippen molar-refractivity contribution < 1.29 is 4.74 Å². The second-order valence-electron chi connectivity index (χ2n) is 4.49. The summed E-state index contributed by atoms with van der Waals surface area (Å²) in [7, 11) is 0. The normalized spacial score (nSPS) is 10.3. The van der Waals surface area contributed by atoms with Crippen molar-refractivity contribution in [2.75, 3.05) is 24.2 Å². The molecule has 3 nitrogen and oxygen atoms in total. The first-order valence-corrected chi connectivity index (χ1v) is 7.49. The lowest BCUT2D eigenvalue weighted by molar-refractivity contribution is 0.340. The van der Waals surface area contributed by atoms with Crippen molar-refractivity contribution in [2.24, 2.45) is 0 Å². The number of halogens is 1. The molecule has 0 aliphatic rings. The Hall–Kier alpha value is -1.68. The second-order valence-corrected chi connectivity index (χ2v) is 5.40. The van der Waals surface area contributed by atoms with Crippen molar-refractivity contribution >= 4 is 27.3 Å². The Labute approximate surface area is 128 Å². The Morgan fingerprint density at radius 1 is 1.15 bits per heavy atom. The first-order valence-electron chi connectivity index (χ1n) is 6.69. The van der Waals surface area contributed by atoms with Gasteiger partial charge in [0.2, 0.25) is 0 Å². The van der Waals surface area contributed by atoms with Gasteiger partial charge in [-0.3, -0.25) is 0 Å². The molecule has 0 atom stereocenters. The molecule has 0 bridgehead atoms. The Bertz CT molecular complexity index is 555. The van der Waals surface area contributed by atoms with Gasteiger partial charge in [0.1, 0.15) is 5.75 Å². The average molecular weight is 335 g/mol. The van der Waals surface area contributed by atoms with Crippen LogP contribution in [0.4, 0.5) is 11.4 Å². The number of nitrogen functional groups attached to an aromatic ring is 1. The minimum Gasteiger partial charge on any atom is -0.494 e. The van der Waals surface area contributed by atoms with E-state index >= 15 is 0 Å². The van der Waals surface area contributed by atoms with Crippen LogP contribution in [0.1, 0.15) is 12.5 Å². The van der Waals surface area contributed by atoms with Gasteiger partial charge in [-0.15, -0.1) is 0 Å². The third kappa shape index (κ3) is 4.17. The molecular weight excluding hydrogens is 316 g/mol. The fourth-order valence-electron chi connectivity index (χ4n) is 1.96. The van der Waals surface area contributed by atoms with Gasteiger partial charge < -0.3 is 15.8 Å². The van der Waals surface area contributed by atoms with Crippen molar-refractivity contribution in [1.29, 1.82) is 0 Å². The van der Waals surface area contributed by atoms with Crippen LogP contribution in [0.15, 0.2) is 46.9 Å². The Morgan fingerprint density at radius 3 is 2.55 bits per heavy atom. The van der Waals surface area contributed by atoms with Crippen molar-refractivity contribution in [3.8, 4) is 5.75 Å². The number of hydrogen-bond donors (Lipinski definition) is 2. The minimum absolute atomic E-state index is 0.698. The monoisotopic (exact) mass is 334 g/mol. The SMILES string of the molecule is CCOc1ccc(CCNc2ccc(Br)cc2N)cc1. The molecule has 0 aromatic heterocycles. The van der Waals surface area contributed by atoms with Crippen molar-refractivity contribution in [1.82, 2.24) is 0 Å². The van der Waals surface area contributed by atoms with E-state index in [0.29, 0.717) is 6.61 Å². The molecule has 0 aliphatic carbocycles. The highest BCUT2D eigenvalue weighted by molar-refractivity contribution is 9.10. The Balaban J connectivity index is 1.86. The Morgan fingerprint density at radius 2 is 1.90 bits per heavy atom. The number of rotatable bonds is 6. The second kappa shape index (κ2) is 7.20. The van der Waals surface area contributed by atoms with Crippen LogP contribution in [-0.2, 0) is 6.42 Å². The summed E-state index contributed by atoms with van der Waals surface area (Å²) >= 11 is 3.40. The van der Waals surface area contributed by atoms with Gasteiger partial charge in [-0.1, -0.05) is 28.1 Å². The Kier molecular flexibility index (Phi) is 5.30. The van der Waals surface area contributed by atoms with Gasteiger partial charge in [-0.2, -0.15) is 0 Å². The van der Waals surface area contributed by atoms with Gasteiger partial charge in [0.25, 0.3) is 0 Å². The van der Waals surface area contributed by atoms with Crippen LogP contribution in [-0.4, -0.2) is 13.2 Å². The number of anilines is 2. The van der Waals surface area contributed by atoms with Gasteiger partial charge in [0.15, 0.2) is 0 Å². The number of nitrogens with one attached hydrogen (secondary N) is 1. The molecule has 2 aromatic carbocycles. The van der Waals surface area contributed by atoms with Crippen LogP contribution < -0.4 is 15.8 Å². The first-order chi connectivity index (χ1) is 9.69. The van der Waals surface area contributed by atoms with E-state index in [1.54, 1.807) is 0 Å². The number of nitrogens with two attached hydrogens (primary N) is 1. The summed E-state index contributed by atoms with van der Waals surface area (Å²) in [6.45, 7) is 3.53. The average Bonchev–Trinajstić information content (AvgIpc) is 2.43. The third-order valence-electron chi connectivity index (χ3n) is 2.98. The van der Waals surface area contributed by atoms with Gasteiger partial charge in [0.05, 0.1) is 18.0 Å². The van der Waals surface area contributed by atoms with Gasteiger partial charge in [-0.05, 0) is 49.2 Å². The van der Waals surface area contributed by atoms with Crippen LogP contribution in [0.25, 0.3) is 0 Å². The standard InChI is InChI=1S/C16H19BrN2O/c1-2-20-14-6-3-12(4-7-14)9-10-19-16-8-5-13(17)11-15(16)18/h3-8,11,19H,2,9-10,18H2,1H3. The zero-order valence-electron chi connectivity index (χ0n) is 11.5.